The van der Waals surface area contributed by atoms with Gasteiger partial charge in [-0.3, -0.25) is 0 Å². The Bertz CT molecular complexity index is 491. The van der Waals surface area contributed by atoms with Crippen LogP contribution in [-0.4, -0.2) is 6.54 Å². The maximum atomic E-state index is 5.93. The summed E-state index contributed by atoms with van der Waals surface area (Å²) in [6, 6.07) is 19.5. The third-order valence-corrected chi connectivity index (χ3v) is 3.68. The maximum absolute atomic E-state index is 5.93. The van der Waals surface area contributed by atoms with E-state index in [0.29, 0.717) is 18.4 Å². The van der Waals surface area contributed by atoms with Crippen molar-refractivity contribution in [3.05, 3.63) is 71.3 Å². The molecule has 0 spiro atoms. The molecule has 1 unspecified atom stereocenters. The highest BCUT2D eigenvalue weighted by atomic mass is 35.5. The van der Waals surface area contributed by atoms with Crippen molar-refractivity contribution in [2.24, 2.45) is 5.73 Å². The van der Waals surface area contributed by atoms with E-state index in [-0.39, 0.29) is 12.4 Å². The van der Waals surface area contributed by atoms with Crippen LogP contribution in [0.15, 0.2) is 54.6 Å². The van der Waals surface area contributed by atoms with Gasteiger partial charge in [-0.2, -0.15) is 0 Å². The normalized spacial score (nSPS) is 12.0. The van der Waals surface area contributed by atoms with Gasteiger partial charge in [-0.05, 0) is 35.6 Å². The van der Waals surface area contributed by atoms with Gasteiger partial charge in [0.05, 0.1) is 0 Å². The summed E-state index contributed by atoms with van der Waals surface area (Å²) in [7, 11) is 0. The Balaban J connectivity index is 0.00000200. The lowest BCUT2D eigenvalue weighted by atomic mass is 9.91. The Hall–Kier alpha value is -1.31. The smallest absolute Gasteiger partial charge is 0.000157 e. The molecule has 0 saturated heterocycles. The van der Waals surface area contributed by atoms with E-state index >= 15 is 0 Å². The minimum absolute atomic E-state index is 0. The molecule has 20 heavy (non-hydrogen) atoms. The molecule has 0 bridgehead atoms. The van der Waals surface area contributed by atoms with Crippen LogP contribution < -0.4 is 5.73 Å². The zero-order chi connectivity index (χ0) is 13.7. The molecule has 1 nitrogen and oxygen atoms in total. The monoisotopic (exact) mass is 289 g/mol. The van der Waals surface area contributed by atoms with E-state index in [1.165, 1.54) is 16.7 Å². The zero-order valence-corrected chi connectivity index (χ0v) is 13.1. The van der Waals surface area contributed by atoms with Crippen molar-refractivity contribution in [2.45, 2.75) is 32.1 Å². The van der Waals surface area contributed by atoms with Crippen LogP contribution in [0.5, 0.6) is 0 Å². The average molecular weight is 290 g/mol. The maximum Gasteiger partial charge on any atom is 0.000157 e. The Kier molecular flexibility index (Phi) is 6.77. The van der Waals surface area contributed by atoms with E-state index in [9.17, 15) is 0 Å². The Morgan fingerprint density at radius 3 is 1.95 bits per heavy atom. The van der Waals surface area contributed by atoms with Gasteiger partial charge in [-0.1, -0.05) is 68.4 Å². The summed E-state index contributed by atoms with van der Waals surface area (Å²) < 4.78 is 0. The third kappa shape index (κ3) is 4.36. The highest BCUT2D eigenvalue weighted by Crippen LogP contribution is 2.21. The van der Waals surface area contributed by atoms with Crippen LogP contribution in [0.25, 0.3) is 0 Å². The molecular formula is C18H24ClN. The molecule has 1 atom stereocenters. The Morgan fingerprint density at radius 2 is 1.45 bits per heavy atom. The van der Waals surface area contributed by atoms with Crippen molar-refractivity contribution in [2.75, 3.05) is 6.54 Å². The topological polar surface area (TPSA) is 26.0 Å². The second-order valence-electron chi connectivity index (χ2n) is 5.44. The lowest BCUT2D eigenvalue weighted by Crippen LogP contribution is -2.15. The molecule has 0 aliphatic rings. The number of benzene rings is 2. The van der Waals surface area contributed by atoms with Crippen molar-refractivity contribution >= 4 is 12.4 Å². The van der Waals surface area contributed by atoms with Crippen molar-refractivity contribution in [1.29, 1.82) is 0 Å². The quantitative estimate of drug-likeness (QED) is 0.861. The highest BCUT2D eigenvalue weighted by Gasteiger charge is 2.10. The van der Waals surface area contributed by atoms with E-state index in [1.807, 2.05) is 0 Å². The largest absolute Gasteiger partial charge is 0.330 e. The van der Waals surface area contributed by atoms with Crippen molar-refractivity contribution in [3.63, 3.8) is 0 Å². The third-order valence-electron chi connectivity index (χ3n) is 3.68. The molecule has 0 saturated carbocycles. The fourth-order valence-corrected chi connectivity index (χ4v) is 2.39. The lowest BCUT2D eigenvalue weighted by Gasteiger charge is -2.16. The minimum atomic E-state index is 0. The van der Waals surface area contributed by atoms with Gasteiger partial charge in [0.2, 0.25) is 0 Å². The van der Waals surface area contributed by atoms with Crippen molar-refractivity contribution in [1.82, 2.24) is 0 Å². The van der Waals surface area contributed by atoms with Crippen LogP contribution in [0.1, 0.15) is 42.4 Å². The summed E-state index contributed by atoms with van der Waals surface area (Å²) in [5, 5.41) is 0. The Morgan fingerprint density at radius 1 is 0.850 bits per heavy atom. The first-order valence-electron chi connectivity index (χ1n) is 7.04. The molecule has 0 aliphatic carbocycles. The number of hydrogen-bond donors (Lipinski definition) is 1. The van der Waals surface area contributed by atoms with Gasteiger partial charge in [-0.15, -0.1) is 12.4 Å². The summed E-state index contributed by atoms with van der Waals surface area (Å²) in [5.74, 6) is 1.000. The first kappa shape index (κ1) is 16.7. The molecule has 0 heterocycles. The van der Waals surface area contributed by atoms with Gasteiger partial charge >= 0.3 is 0 Å². The standard InChI is InChI=1S/C18H23N.ClH/c1-14(2)16-10-8-15(9-11-16)12-18(13-19)17-6-4-3-5-7-17;/h3-11,14,18H,12-13,19H2,1-2H3;1H. The van der Waals surface area contributed by atoms with Crippen LogP contribution in [-0.2, 0) is 6.42 Å². The van der Waals surface area contributed by atoms with Gasteiger partial charge in [0.15, 0.2) is 0 Å². The molecule has 2 aromatic carbocycles. The van der Waals surface area contributed by atoms with Gasteiger partial charge in [0, 0.05) is 5.92 Å². The fourth-order valence-electron chi connectivity index (χ4n) is 2.39. The van der Waals surface area contributed by atoms with Crippen LogP contribution in [0.2, 0.25) is 0 Å². The number of nitrogens with two attached hydrogens (primary N) is 1. The van der Waals surface area contributed by atoms with Crippen molar-refractivity contribution < 1.29 is 0 Å². The molecular weight excluding hydrogens is 266 g/mol. The SMILES string of the molecule is CC(C)c1ccc(CC(CN)c2ccccc2)cc1.Cl. The van der Waals surface area contributed by atoms with E-state index in [1.54, 1.807) is 0 Å². The molecule has 2 heteroatoms. The van der Waals surface area contributed by atoms with Crippen LogP contribution in [0, 0.1) is 0 Å². The predicted molar refractivity (Wildman–Crippen MR) is 89.7 cm³/mol. The molecule has 108 valence electrons. The van der Waals surface area contributed by atoms with Gasteiger partial charge in [-0.25, -0.2) is 0 Å². The van der Waals surface area contributed by atoms with E-state index in [4.69, 9.17) is 5.73 Å². The van der Waals surface area contributed by atoms with E-state index in [2.05, 4.69) is 68.4 Å². The van der Waals surface area contributed by atoms with Gasteiger partial charge in [0.1, 0.15) is 0 Å². The summed E-state index contributed by atoms with van der Waals surface area (Å²) in [4.78, 5) is 0. The van der Waals surface area contributed by atoms with E-state index < -0.39 is 0 Å². The second-order valence-corrected chi connectivity index (χ2v) is 5.44. The molecule has 2 N–H and O–H groups in total. The van der Waals surface area contributed by atoms with Gasteiger partial charge in [0.25, 0.3) is 0 Å². The molecule has 0 aromatic heterocycles. The first-order valence-corrected chi connectivity index (χ1v) is 7.04. The van der Waals surface area contributed by atoms with Crippen molar-refractivity contribution in [3.8, 4) is 0 Å². The van der Waals surface area contributed by atoms with Gasteiger partial charge < -0.3 is 5.73 Å². The Labute approximate surface area is 128 Å². The molecule has 0 fully saturated rings. The predicted octanol–water partition coefficient (Wildman–Crippen LogP) is 4.52. The lowest BCUT2D eigenvalue weighted by molar-refractivity contribution is 0.694. The second kappa shape index (κ2) is 8.08. The molecule has 2 rings (SSSR count). The fraction of sp³-hybridized carbons (Fsp3) is 0.333. The summed E-state index contributed by atoms with van der Waals surface area (Å²) in [6.07, 6.45) is 1.01. The summed E-state index contributed by atoms with van der Waals surface area (Å²) in [5.41, 5.74) is 10.0. The first-order chi connectivity index (χ1) is 9.20. The molecule has 0 radical (unpaired) electrons. The van der Waals surface area contributed by atoms with E-state index in [0.717, 1.165) is 6.42 Å². The zero-order valence-electron chi connectivity index (χ0n) is 12.3. The van der Waals surface area contributed by atoms with Crippen LogP contribution in [0.3, 0.4) is 0 Å². The minimum Gasteiger partial charge on any atom is -0.330 e. The van der Waals surface area contributed by atoms with Crippen LogP contribution >= 0.6 is 12.4 Å². The summed E-state index contributed by atoms with van der Waals surface area (Å²) in [6.45, 7) is 5.14. The van der Waals surface area contributed by atoms with Crippen LogP contribution in [0.4, 0.5) is 0 Å². The molecule has 0 amide bonds. The molecule has 2 aromatic rings. The number of halogens is 1. The highest BCUT2D eigenvalue weighted by molar-refractivity contribution is 5.85. The average Bonchev–Trinajstić information content (AvgIpc) is 2.46. The summed E-state index contributed by atoms with van der Waals surface area (Å²) >= 11 is 0. The number of rotatable bonds is 5. The molecule has 0 aliphatic heterocycles. The number of hydrogen-bond acceptors (Lipinski definition) is 1.